The smallest absolute Gasteiger partial charge is 0.164 e. The zero-order valence-electron chi connectivity index (χ0n) is 25.3. The lowest BCUT2D eigenvalue weighted by Crippen LogP contribution is -2.00. The Morgan fingerprint density at radius 2 is 0.830 bits per heavy atom. The lowest BCUT2D eigenvalue weighted by atomic mass is 9.97. The van der Waals surface area contributed by atoms with Gasteiger partial charge in [0.25, 0.3) is 0 Å². The number of rotatable bonds is 5. The molecule has 0 saturated heterocycles. The van der Waals surface area contributed by atoms with Gasteiger partial charge in [0.1, 0.15) is 0 Å². The molecule has 0 radical (unpaired) electrons. The SMILES string of the molecule is c1ccc(-c2ccc3cc(-c4ccc(-c5nc(-c6ccccc6)nc(-c6cccc7sc8ccccc8c67)n5)cc4)ccc3c2)cc1. The van der Waals surface area contributed by atoms with Crippen molar-refractivity contribution in [3.63, 3.8) is 0 Å². The second-order valence-corrected chi connectivity index (χ2v) is 12.8. The predicted octanol–water partition coefficient (Wildman–Crippen LogP) is 11.7. The van der Waals surface area contributed by atoms with E-state index in [-0.39, 0.29) is 0 Å². The van der Waals surface area contributed by atoms with Gasteiger partial charge in [-0.25, -0.2) is 15.0 Å². The molecule has 0 amide bonds. The molecule has 0 bridgehead atoms. The van der Waals surface area contributed by atoms with E-state index in [9.17, 15) is 0 Å². The highest BCUT2D eigenvalue weighted by Gasteiger charge is 2.17. The Balaban J connectivity index is 1.12. The summed E-state index contributed by atoms with van der Waals surface area (Å²) in [5.74, 6) is 2.00. The van der Waals surface area contributed by atoms with Crippen molar-refractivity contribution < 1.29 is 0 Å². The van der Waals surface area contributed by atoms with Crippen molar-refractivity contribution in [3.05, 3.63) is 164 Å². The highest BCUT2D eigenvalue weighted by Crippen LogP contribution is 2.39. The van der Waals surface area contributed by atoms with Crippen LogP contribution in [0.2, 0.25) is 0 Å². The third kappa shape index (κ3) is 5.05. The van der Waals surface area contributed by atoms with Crippen LogP contribution in [0.1, 0.15) is 0 Å². The van der Waals surface area contributed by atoms with Crippen molar-refractivity contribution in [3.8, 4) is 56.4 Å². The topological polar surface area (TPSA) is 38.7 Å². The Bertz CT molecular complexity index is 2550. The Morgan fingerprint density at radius 1 is 0.340 bits per heavy atom. The Kier molecular flexibility index (Phi) is 6.65. The van der Waals surface area contributed by atoms with Crippen molar-refractivity contribution in [1.29, 1.82) is 0 Å². The van der Waals surface area contributed by atoms with Crippen LogP contribution in [0.4, 0.5) is 0 Å². The number of nitrogens with zero attached hydrogens (tertiary/aromatic N) is 3. The number of aromatic nitrogens is 3. The summed E-state index contributed by atoms with van der Waals surface area (Å²) in [7, 11) is 0. The fraction of sp³-hybridized carbons (Fsp3) is 0. The van der Waals surface area contributed by atoms with Crippen LogP contribution in [0.5, 0.6) is 0 Å². The van der Waals surface area contributed by atoms with Gasteiger partial charge >= 0.3 is 0 Å². The van der Waals surface area contributed by atoms with Crippen molar-refractivity contribution in [2.45, 2.75) is 0 Å². The second-order valence-electron chi connectivity index (χ2n) is 11.7. The summed E-state index contributed by atoms with van der Waals surface area (Å²) < 4.78 is 2.48. The molecule has 0 aliphatic carbocycles. The third-order valence-electron chi connectivity index (χ3n) is 8.73. The minimum atomic E-state index is 0.656. The Labute approximate surface area is 276 Å². The van der Waals surface area contributed by atoms with Gasteiger partial charge < -0.3 is 0 Å². The Morgan fingerprint density at radius 3 is 1.51 bits per heavy atom. The maximum atomic E-state index is 5.09. The van der Waals surface area contributed by atoms with Crippen LogP contribution >= 0.6 is 11.3 Å². The van der Waals surface area contributed by atoms with Gasteiger partial charge in [-0.3, -0.25) is 0 Å². The van der Waals surface area contributed by atoms with E-state index in [0.29, 0.717) is 17.5 Å². The molecule has 9 aromatic rings. The van der Waals surface area contributed by atoms with E-state index < -0.39 is 0 Å². The van der Waals surface area contributed by atoms with Gasteiger partial charge in [-0.15, -0.1) is 11.3 Å². The molecule has 0 spiro atoms. The van der Waals surface area contributed by atoms with E-state index in [1.807, 2.05) is 18.2 Å². The zero-order chi connectivity index (χ0) is 31.2. The molecule has 0 aliphatic rings. The van der Waals surface area contributed by atoms with E-state index in [4.69, 9.17) is 15.0 Å². The van der Waals surface area contributed by atoms with E-state index in [1.54, 1.807) is 11.3 Å². The first kappa shape index (κ1) is 27.3. The average Bonchev–Trinajstić information content (AvgIpc) is 3.54. The molecule has 0 aliphatic heterocycles. The highest BCUT2D eigenvalue weighted by molar-refractivity contribution is 7.25. The monoisotopic (exact) mass is 617 g/mol. The molecule has 220 valence electrons. The summed E-state index contributed by atoms with van der Waals surface area (Å²) >= 11 is 1.80. The van der Waals surface area contributed by atoms with E-state index in [2.05, 4.69) is 146 Å². The summed E-state index contributed by atoms with van der Waals surface area (Å²) in [6, 6.07) is 57.5. The van der Waals surface area contributed by atoms with Gasteiger partial charge in [-0.2, -0.15) is 0 Å². The van der Waals surface area contributed by atoms with Crippen molar-refractivity contribution >= 4 is 42.3 Å². The molecule has 2 aromatic heterocycles. The first-order valence-corrected chi connectivity index (χ1v) is 16.5. The normalized spacial score (nSPS) is 11.4. The summed E-state index contributed by atoms with van der Waals surface area (Å²) in [6.45, 7) is 0. The summed E-state index contributed by atoms with van der Waals surface area (Å²) in [5, 5.41) is 4.86. The average molecular weight is 618 g/mol. The fourth-order valence-corrected chi connectivity index (χ4v) is 7.48. The molecular formula is C43H27N3S. The van der Waals surface area contributed by atoms with Crippen molar-refractivity contribution in [2.24, 2.45) is 0 Å². The maximum absolute atomic E-state index is 5.09. The summed E-state index contributed by atoms with van der Waals surface area (Å²) in [4.78, 5) is 15.1. The number of fused-ring (bicyclic) bond motifs is 4. The molecule has 3 nitrogen and oxygen atoms in total. The summed E-state index contributed by atoms with van der Waals surface area (Å²) in [5.41, 5.74) is 7.71. The number of hydrogen-bond donors (Lipinski definition) is 0. The molecule has 47 heavy (non-hydrogen) atoms. The van der Waals surface area contributed by atoms with Crippen molar-refractivity contribution in [1.82, 2.24) is 15.0 Å². The number of hydrogen-bond acceptors (Lipinski definition) is 4. The van der Waals surface area contributed by atoms with Crippen LogP contribution in [0.25, 0.3) is 87.4 Å². The van der Waals surface area contributed by atoms with Gasteiger partial charge in [0.15, 0.2) is 17.5 Å². The van der Waals surface area contributed by atoms with Crippen LogP contribution in [0.3, 0.4) is 0 Å². The zero-order valence-corrected chi connectivity index (χ0v) is 26.2. The second kappa shape index (κ2) is 11.4. The predicted molar refractivity (Wildman–Crippen MR) is 197 cm³/mol. The molecule has 0 saturated carbocycles. The number of benzene rings is 7. The molecule has 2 heterocycles. The molecule has 0 unspecified atom stereocenters. The minimum Gasteiger partial charge on any atom is -0.208 e. The fourth-order valence-electron chi connectivity index (χ4n) is 6.35. The largest absolute Gasteiger partial charge is 0.208 e. The Hall–Kier alpha value is -5.97. The minimum absolute atomic E-state index is 0.656. The molecule has 0 N–H and O–H groups in total. The van der Waals surface area contributed by atoms with Gasteiger partial charge in [-0.05, 0) is 57.3 Å². The van der Waals surface area contributed by atoms with Crippen molar-refractivity contribution in [2.75, 3.05) is 0 Å². The van der Waals surface area contributed by atoms with Crippen LogP contribution in [-0.2, 0) is 0 Å². The van der Waals surface area contributed by atoms with Crippen LogP contribution in [0, 0.1) is 0 Å². The quantitative estimate of drug-likeness (QED) is 0.193. The highest BCUT2D eigenvalue weighted by atomic mass is 32.1. The van der Waals surface area contributed by atoms with Gasteiger partial charge in [0.05, 0.1) is 0 Å². The lowest BCUT2D eigenvalue weighted by Gasteiger charge is -2.10. The molecule has 0 fully saturated rings. The maximum Gasteiger partial charge on any atom is 0.164 e. The summed E-state index contributed by atoms with van der Waals surface area (Å²) in [6.07, 6.45) is 0. The first-order valence-electron chi connectivity index (χ1n) is 15.7. The molecule has 0 atom stereocenters. The molecule has 7 aromatic carbocycles. The van der Waals surface area contributed by atoms with Crippen LogP contribution in [-0.4, -0.2) is 15.0 Å². The standard InChI is InChI=1S/C43H27N3S/c1-3-10-28(11-4-1)32-22-24-35-27-33(23-25-34(35)26-32)29-18-20-31(21-19-29)42-44-41(30-12-5-2-6-13-30)45-43(46-42)37-15-9-17-39-40(37)36-14-7-8-16-38(36)47-39/h1-27H. The molecule has 4 heteroatoms. The molecule has 9 rings (SSSR count). The third-order valence-corrected chi connectivity index (χ3v) is 9.87. The van der Waals surface area contributed by atoms with E-state index in [0.717, 1.165) is 22.3 Å². The van der Waals surface area contributed by atoms with E-state index >= 15 is 0 Å². The molecular weight excluding hydrogens is 591 g/mol. The van der Waals surface area contributed by atoms with Gasteiger partial charge in [0.2, 0.25) is 0 Å². The van der Waals surface area contributed by atoms with Crippen LogP contribution in [0.15, 0.2) is 164 Å². The number of thiophene rings is 1. The van der Waals surface area contributed by atoms with Crippen LogP contribution < -0.4 is 0 Å². The van der Waals surface area contributed by atoms with E-state index in [1.165, 1.54) is 47.6 Å². The van der Waals surface area contributed by atoms with Gasteiger partial charge in [-0.1, -0.05) is 140 Å². The van der Waals surface area contributed by atoms with Gasteiger partial charge in [0, 0.05) is 36.9 Å². The lowest BCUT2D eigenvalue weighted by molar-refractivity contribution is 1.08. The first-order chi connectivity index (χ1) is 23.3.